The SMILES string of the molecule is CCC(C)n1c(C#N)cc(=O)n(C)c1=O. The summed E-state index contributed by atoms with van der Waals surface area (Å²) < 4.78 is 2.36. The van der Waals surface area contributed by atoms with Crippen molar-refractivity contribution in [2.24, 2.45) is 7.05 Å². The molecule has 1 heterocycles. The molecule has 15 heavy (non-hydrogen) atoms. The maximum absolute atomic E-state index is 11.7. The molecule has 1 rings (SSSR count). The zero-order valence-corrected chi connectivity index (χ0v) is 9.02. The van der Waals surface area contributed by atoms with Crippen LogP contribution in [0.25, 0.3) is 0 Å². The van der Waals surface area contributed by atoms with Crippen LogP contribution >= 0.6 is 0 Å². The molecule has 5 heteroatoms. The summed E-state index contributed by atoms with van der Waals surface area (Å²) in [6, 6.07) is 2.97. The highest BCUT2D eigenvalue weighted by Gasteiger charge is 2.12. The fourth-order valence-electron chi connectivity index (χ4n) is 1.34. The predicted molar refractivity (Wildman–Crippen MR) is 55.7 cm³/mol. The minimum atomic E-state index is -0.448. The second-order valence-electron chi connectivity index (χ2n) is 3.45. The summed E-state index contributed by atoms with van der Waals surface area (Å²) in [5.74, 6) is 0. The van der Waals surface area contributed by atoms with Gasteiger partial charge in [-0.05, 0) is 13.3 Å². The Hall–Kier alpha value is -1.83. The maximum atomic E-state index is 11.7. The van der Waals surface area contributed by atoms with E-state index in [-0.39, 0.29) is 11.7 Å². The lowest BCUT2D eigenvalue weighted by atomic mass is 10.2. The van der Waals surface area contributed by atoms with Crippen LogP contribution in [-0.2, 0) is 7.05 Å². The van der Waals surface area contributed by atoms with E-state index in [1.165, 1.54) is 17.7 Å². The molecule has 0 saturated carbocycles. The second-order valence-corrected chi connectivity index (χ2v) is 3.45. The van der Waals surface area contributed by atoms with Gasteiger partial charge >= 0.3 is 5.69 Å². The molecular formula is C10H13N3O2. The summed E-state index contributed by atoms with van der Waals surface area (Å²) in [5.41, 5.74) is -0.762. The van der Waals surface area contributed by atoms with Crippen molar-refractivity contribution in [2.75, 3.05) is 0 Å². The first-order valence-corrected chi connectivity index (χ1v) is 4.75. The average Bonchev–Trinajstić information content (AvgIpc) is 2.24. The van der Waals surface area contributed by atoms with Crippen LogP contribution in [0.1, 0.15) is 32.0 Å². The molecule has 0 N–H and O–H groups in total. The Bertz CT molecular complexity index is 519. The molecule has 5 nitrogen and oxygen atoms in total. The monoisotopic (exact) mass is 207 g/mol. The van der Waals surface area contributed by atoms with Crippen LogP contribution in [0, 0.1) is 11.3 Å². The van der Waals surface area contributed by atoms with Crippen LogP contribution < -0.4 is 11.2 Å². The summed E-state index contributed by atoms with van der Waals surface area (Å²) in [4.78, 5) is 23.0. The molecule has 1 unspecified atom stereocenters. The summed E-state index contributed by atoms with van der Waals surface area (Å²) in [6.07, 6.45) is 0.729. The van der Waals surface area contributed by atoms with Crippen molar-refractivity contribution < 1.29 is 0 Å². The van der Waals surface area contributed by atoms with Crippen molar-refractivity contribution in [1.82, 2.24) is 9.13 Å². The van der Waals surface area contributed by atoms with E-state index in [4.69, 9.17) is 5.26 Å². The third-order valence-corrected chi connectivity index (χ3v) is 2.49. The fourth-order valence-corrected chi connectivity index (χ4v) is 1.34. The molecule has 0 aromatic carbocycles. The van der Waals surface area contributed by atoms with E-state index in [0.29, 0.717) is 0 Å². The van der Waals surface area contributed by atoms with Crippen LogP contribution in [0.5, 0.6) is 0 Å². The van der Waals surface area contributed by atoms with Crippen molar-refractivity contribution in [3.8, 4) is 6.07 Å². The van der Waals surface area contributed by atoms with Crippen LogP contribution in [0.3, 0.4) is 0 Å². The Kier molecular flexibility index (Phi) is 3.10. The van der Waals surface area contributed by atoms with Gasteiger partial charge in [0.2, 0.25) is 0 Å². The van der Waals surface area contributed by atoms with E-state index in [1.54, 1.807) is 0 Å². The van der Waals surface area contributed by atoms with Crippen molar-refractivity contribution in [3.05, 3.63) is 32.6 Å². The molecule has 0 fully saturated rings. The minimum Gasteiger partial charge on any atom is -0.282 e. The van der Waals surface area contributed by atoms with Gasteiger partial charge in [-0.15, -0.1) is 0 Å². The molecule has 0 aliphatic heterocycles. The lowest BCUT2D eigenvalue weighted by molar-refractivity contribution is 0.479. The van der Waals surface area contributed by atoms with Gasteiger partial charge in [0.05, 0.1) is 0 Å². The van der Waals surface area contributed by atoms with Gasteiger partial charge in [-0.2, -0.15) is 5.26 Å². The predicted octanol–water partition coefficient (Wildman–Crippen LogP) is 0.390. The van der Waals surface area contributed by atoms with Gasteiger partial charge in [-0.25, -0.2) is 4.79 Å². The first-order valence-electron chi connectivity index (χ1n) is 4.75. The summed E-state index contributed by atoms with van der Waals surface area (Å²) in [5, 5.41) is 8.84. The van der Waals surface area contributed by atoms with Crippen LogP contribution in [0.15, 0.2) is 15.7 Å². The van der Waals surface area contributed by atoms with Crippen LogP contribution in [0.4, 0.5) is 0 Å². The molecule has 0 radical (unpaired) electrons. The molecule has 1 aromatic heterocycles. The van der Waals surface area contributed by atoms with E-state index < -0.39 is 11.2 Å². The van der Waals surface area contributed by atoms with Gasteiger partial charge in [-0.1, -0.05) is 6.92 Å². The Labute approximate surface area is 87.2 Å². The number of hydrogen-bond donors (Lipinski definition) is 0. The average molecular weight is 207 g/mol. The van der Waals surface area contributed by atoms with Crippen molar-refractivity contribution >= 4 is 0 Å². The van der Waals surface area contributed by atoms with Crippen LogP contribution in [0.2, 0.25) is 0 Å². The molecular weight excluding hydrogens is 194 g/mol. The first kappa shape index (κ1) is 11.2. The summed E-state index contributed by atoms with van der Waals surface area (Å²) in [7, 11) is 1.41. The summed E-state index contributed by atoms with van der Waals surface area (Å²) in [6.45, 7) is 3.76. The third kappa shape index (κ3) is 1.84. The van der Waals surface area contributed by atoms with Gasteiger partial charge in [0.25, 0.3) is 5.56 Å². The molecule has 0 spiro atoms. The highest BCUT2D eigenvalue weighted by atomic mass is 16.2. The van der Waals surface area contributed by atoms with Gasteiger partial charge in [0, 0.05) is 19.2 Å². The quantitative estimate of drug-likeness (QED) is 0.704. The van der Waals surface area contributed by atoms with Crippen molar-refractivity contribution in [3.63, 3.8) is 0 Å². The Morgan fingerprint density at radius 1 is 1.53 bits per heavy atom. The largest absolute Gasteiger partial charge is 0.331 e. The van der Waals surface area contributed by atoms with E-state index in [1.807, 2.05) is 19.9 Å². The number of nitrogens with zero attached hydrogens (tertiary/aromatic N) is 3. The Balaban J connectivity index is 3.64. The molecule has 80 valence electrons. The molecule has 0 bridgehead atoms. The smallest absolute Gasteiger partial charge is 0.282 e. The van der Waals surface area contributed by atoms with E-state index >= 15 is 0 Å². The molecule has 0 amide bonds. The van der Waals surface area contributed by atoms with Gasteiger partial charge < -0.3 is 0 Å². The highest BCUT2D eigenvalue weighted by molar-refractivity contribution is 5.19. The van der Waals surface area contributed by atoms with Crippen molar-refractivity contribution in [1.29, 1.82) is 5.26 Å². The number of nitriles is 1. The molecule has 0 aliphatic rings. The normalized spacial score (nSPS) is 12.1. The van der Waals surface area contributed by atoms with E-state index in [9.17, 15) is 9.59 Å². The highest BCUT2D eigenvalue weighted by Crippen LogP contribution is 2.08. The number of aromatic nitrogens is 2. The van der Waals surface area contributed by atoms with Gasteiger partial charge in [0.15, 0.2) is 0 Å². The molecule has 1 atom stereocenters. The fraction of sp³-hybridized carbons (Fsp3) is 0.500. The minimum absolute atomic E-state index is 0.0843. The van der Waals surface area contributed by atoms with Crippen molar-refractivity contribution in [2.45, 2.75) is 26.3 Å². The lowest BCUT2D eigenvalue weighted by Gasteiger charge is -2.15. The van der Waals surface area contributed by atoms with Crippen LogP contribution in [-0.4, -0.2) is 9.13 Å². The number of rotatable bonds is 2. The Morgan fingerprint density at radius 3 is 2.60 bits per heavy atom. The molecule has 0 aliphatic carbocycles. The topological polar surface area (TPSA) is 67.8 Å². The first-order chi connectivity index (χ1) is 7.02. The van der Waals surface area contributed by atoms with E-state index in [0.717, 1.165) is 11.0 Å². The maximum Gasteiger partial charge on any atom is 0.331 e. The standard InChI is InChI=1S/C10H13N3O2/c1-4-7(2)13-8(6-11)5-9(14)12(3)10(13)15/h5,7H,4H2,1-3H3. The zero-order chi connectivity index (χ0) is 11.6. The van der Waals surface area contributed by atoms with Gasteiger partial charge in [0.1, 0.15) is 11.8 Å². The molecule has 0 saturated heterocycles. The number of hydrogen-bond acceptors (Lipinski definition) is 3. The zero-order valence-electron chi connectivity index (χ0n) is 9.02. The summed E-state index contributed by atoms with van der Waals surface area (Å²) >= 11 is 0. The second kappa shape index (κ2) is 4.13. The molecule has 1 aromatic rings. The third-order valence-electron chi connectivity index (χ3n) is 2.49. The van der Waals surface area contributed by atoms with Gasteiger partial charge in [-0.3, -0.25) is 13.9 Å². The lowest BCUT2D eigenvalue weighted by Crippen LogP contribution is -2.39. The van der Waals surface area contributed by atoms with E-state index in [2.05, 4.69) is 0 Å². The Morgan fingerprint density at radius 2 is 2.13 bits per heavy atom.